The summed E-state index contributed by atoms with van der Waals surface area (Å²) in [5, 5.41) is 13.0. The largest absolute Gasteiger partial charge is 0.434 e. The van der Waals surface area contributed by atoms with E-state index in [9.17, 15) is 24.5 Å². The Morgan fingerprint density at radius 2 is 1.61 bits per heavy atom. The molecule has 0 aliphatic carbocycles. The van der Waals surface area contributed by atoms with Gasteiger partial charge in [0.05, 0.1) is 6.54 Å². The summed E-state index contributed by atoms with van der Waals surface area (Å²) >= 11 is 0. The van der Waals surface area contributed by atoms with Crippen LogP contribution in [0.3, 0.4) is 0 Å². The van der Waals surface area contributed by atoms with Gasteiger partial charge in [-0.25, -0.2) is 14.5 Å². The first-order valence-corrected chi connectivity index (χ1v) is 10.4. The number of nitrogen functional groups attached to an aromatic ring is 1. The zero-order chi connectivity index (χ0) is 25.1. The molecule has 4 rings (SSSR count). The van der Waals surface area contributed by atoms with Crippen molar-refractivity contribution in [3.63, 3.8) is 0 Å². The van der Waals surface area contributed by atoms with E-state index in [1.54, 1.807) is 30.1 Å². The number of rotatable bonds is 7. The summed E-state index contributed by atoms with van der Waals surface area (Å²) in [5.74, 6) is 1.13. The number of aromatic nitrogens is 6. The van der Waals surface area contributed by atoms with Crippen LogP contribution < -0.4 is 11.1 Å². The Kier molecular flexibility index (Phi) is 14.4. The maximum atomic E-state index is 10.8. The molecule has 202 valence electrons. The number of nitrogens with one attached hydrogen (secondary N) is 1. The van der Waals surface area contributed by atoms with Gasteiger partial charge in [-0.3, -0.25) is 19.7 Å². The number of imidazole rings is 3. The molecule has 1 amide bonds. The summed E-state index contributed by atoms with van der Waals surface area (Å²) < 4.78 is 5.02. The fraction of sp³-hybridized carbons (Fsp3) is 0.429. The Hall–Kier alpha value is -3.70. The molecule has 4 heterocycles. The fourth-order valence-corrected chi connectivity index (χ4v) is 2.76. The molecule has 36 heavy (non-hydrogen) atoms. The van der Waals surface area contributed by atoms with Gasteiger partial charge in [-0.15, -0.1) is 0 Å². The maximum Gasteiger partial charge on any atom is 0.434 e. The van der Waals surface area contributed by atoms with Crippen molar-refractivity contribution in [1.29, 1.82) is 0 Å². The van der Waals surface area contributed by atoms with Crippen LogP contribution in [-0.4, -0.2) is 51.1 Å². The van der Waals surface area contributed by atoms with Gasteiger partial charge in [-0.2, -0.15) is 0 Å². The molecule has 0 radical (unpaired) electrons. The van der Waals surface area contributed by atoms with Crippen molar-refractivity contribution in [2.75, 3.05) is 11.1 Å². The van der Waals surface area contributed by atoms with E-state index in [4.69, 9.17) is 5.73 Å². The molecule has 1 aliphatic rings. The van der Waals surface area contributed by atoms with E-state index in [0.29, 0.717) is 37.8 Å². The molecule has 3 N–H and O–H groups in total. The number of hydrogen-bond acceptors (Lipinski definition) is 9. The number of nitrogens with zero attached hydrogens (tertiary/aromatic N) is 7. The molecule has 15 heteroatoms. The number of anilines is 2. The topological polar surface area (TPSA) is 186 Å². The van der Waals surface area contributed by atoms with Crippen LogP contribution in [0.2, 0.25) is 0 Å². The second-order valence-electron chi connectivity index (χ2n) is 7.30. The SMILES string of the molecule is C.CC(=O)CCn1ccnc1N.CC(=O)CCn1ccnc1[N+](=O)[O-].O=C1CCn2ccnc2N1.[HH].[Pd]. The number of nitrogens with two attached hydrogens (primary N) is 1. The molecule has 3 aromatic heterocycles. The number of aryl methyl sites for hydroxylation is 3. The van der Waals surface area contributed by atoms with Crippen molar-refractivity contribution in [3.05, 3.63) is 47.3 Å². The molecule has 0 aromatic carbocycles. The third kappa shape index (κ3) is 10.7. The van der Waals surface area contributed by atoms with E-state index in [0.717, 1.165) is 6.54 Å². The molecule has 14 nitrogen and oxygen atoms in total. The summed E-state index contributed by atoms with van der Waals surface area (Å²) in [6, 6.07) is 0. The number of carbonyl (C=O) groups excluding carboxylic acids is 3. The molecule has 0 unspecified atom stereocenters. The normalized spacial score (nSPS) is 11.1. The first kappa shape index (κ1) is 32.3. The van der Waals surface area contributed by atoms with Crippen LogP contribution in [0.5, 0.6) is 0 Å². The van der Waals surface area contributed by atoms with Crippen molar-refractivity contribution in [2.45, 2.75) is 60.2 Å². The van der Waals surface area contributed by atoms with Crippen molar-refractivity contribution in [1.82, 2.24) is 28.7 Å². The van der Waals surface area contributed by atoms with Crippen LogP contribution in [-0.2, 0) is 54.4 Å². The minimum atomic E-state index is -0.569. The second-order valence-corrected chi connectivity index (χ2v) is 7.30. The monoisotopic (exact) mass is 597 g/mol. The number of amides is 1. The minimum Gasteiger partial charge on any atom is -0.390 e. The van der Waals surface area contributed by atoms with Crippen LogP contribution in [0, 0.1) is 10.1 Å². The quantitative estimate of drug-likeness (QED) is 0.234. The van der Waals surface area contributed by atoms with Gasteiger partial charge >= 0.3 is 5.95 Å². The Morgan fingerprint density at radius 1 is 1.06 bits per heavy atom. The minimum absolute atomic E-state index is 0. The standard InChI is InChI=1S/C7H9N3O3.C7H11N3O.C6H7N3O.CH4.Pd.H2/c1-6(11)2-4-9-5-3-8-7(9)10(12)13;1-6(11)2-4-10-5-3-9-7(10)8;10-5-1-3-9-4-2-7-6(9)8-5;;;/h3,5H,2,4H2,1H3;3,5H,2,4H2,1H3,(H2,8,9);2,4H,1,3H2,(H,7,8,10);1H4;;1H. The van der Waals surface area contributed by atoms with E-state index >= 15 is 0 Å². The summed E-state index contributed by atoms with van der Waals surface area (Å²) in [5.41, 5.74) is 5.47. The average Bonchev–Trinajstić information content (AvgIpc) is 3.52. The number of hydrogen-bond donors (Lipinski definition) is 2. The molecular weight excluding hydrogens is 565 g/mol. The van der Waals surface area contributed by atoms with Crippen LogP contribution in [0.25, 0.3) is 0 Å². The summed E-state index contributed by atoms with van der Waals surface area (Å²) in [6.07, 6.45) is 11.1. The van der Waals surface area contributed by atoms with Crippen molar-refractivity contribution in [3.8, 4) is 0 Å². The van der Waals surface area contributed by atoms with Crippen LogP contribution in [0.1, 0.15) is 42.0 Å². The van der Waals surface area contributed by atoms with Gasteiger partial charge in [-0.1, -0.05) is 12.4 Å². The second kappa shape index (κ2) is 16.1. The molecule has 0 saturated heterocycles. The molecule has 3 aromatic rings. The molecule has 0 bridgehead atoms. The molecular formula is C21H33N9O5Pd. The number of fused-ring (bicyclic) bond motifs is 1. The van der Waals surface area contributed by atoms with Gasteiger partial charge in [0, 0.05) is 79.0 Å². The fourth-order valence-electron chi connectivity index (χ4n) is 2.76. The van der Waals surface area contributed by atoms with Gasteiger partial charge in [0.25, 0.3) is 0 Å². The third-order valence-electron chi connectivity index (χ3n) is 4.56. The van der Waals surface area contributed by atoms with Crippen molar-refractivity contribution in [2.24, 2.45) is 0 Å². The molecule has 0 atom stereocenters. The number of ketones is 2. The Balaban J connectivity index is 0. The molecule has 0 saturated carbocycles. The third-order valence-corrected chi connectivity index (χ3v) is 4.56. The van der Waals surface area contributed by atoms with Crippen molar-refractivity contribution < 1.29 is 41.2 Å². The van der Waals surface area contributed by atoms with Gasteiger partial charge < -0.3 is 25.0 Å². The predicted molar refractivity (Wildman–Crippen MR) is 130 cm³/mol. The Labute approximate surface area is 223 Å². The Morgan fingerprint density at radius 3 is 2.17 bits per heavy atom. The van der Waals surface area contributed by atoms with E-state index in [2.05, 4.69) is 20.3 Å². The zero-order valence-electron chi connectivity index (χ0n) is 19.3. The summed E-state index contributed by atoms with van der Waals surface area (Å²) in [4.78, 5) is 53.1. The molecule has 1 aliphatic heterocycles. The van der Waals surface area contributed by atoms with Crippen LogP contribution in [0.4, 0.5) is 17.8 Å². The van der Waals surface area contributed by atoms with Crippen LogP contribution in [0.15, 0.2) is 37.2 Å². The van der Waals surface area contributed by atoms with E-state index in [1.165, 1.54) is 23.9 Å². The van der Waals surface area contributed by atoms with E-state index in [-0.39, 0.29) is 59.1 Å². The van der Waals surface area contributed by atoms with Gasteiger partial charge in [0.1, 0.15) is 24.0 Å². The number of carbonyl (C=O) groups is 3. The summed E-state index contributed by atoms with van der Waals surface area (Å²) in [7, 11) is 0. The first-order chi connectivity index (χ1) is 16.2. The zero-order valence-corrected chi connectivity index (χ0v) is 20.8. The van der Waals surface area contributed by atoms with E-state index < -0.39 is 4.92 Å². The van der Waals surface area contributed by atoms with E-state index in [1.807, 2.05) is 10.8 Å². The van der Waals surface area contributed by atoms with Gasteiger partial charge in [0.2, 0.25) is 11.9 Å². The van der Waals surface area contributed by atoms with Crippen molar-refractivity contribution >= 4 is 35.3 Å². The maximum absolute atomic E-state index is 10.8. The van der Waals surface area contributed by atoms with Gasteiger partial charge in [-0.05, 0) is 18.8 Å². The van der Waals surface area contributed by atoms with Gasteiger partial charge in [0.15, 0.2) is 5.95 Å². The first-order valence-electron chi connectivity index (χ1n) is 10.4. The predicted octanol–water partition coefficient (Wildman–Crippen LogP) is 2.32. The number of Topliss-reactive ketones (excluding diaryl/α,β-unsaturated/α-hetero) is 2. The van der Waals surface area contributed by atoms with Crippen LogP contribution >= 0.6 is 0 Å². The average molecular weight is 598 g/mol. The number of nitro groups is 1. The Bertz CT molecular complexity index is 1150. The smallest absolute Gasteiger partial charge is 0.390 e. The molecule has 0 spiro atoms. The molecule has 0 fully saturated rings. The summed E-state index contributed by atoms with van der Waals surface area (Å²) in [6.45, 7) is 4.70.